The molecule has 1 aliphatic heterocycles. The third-order valence-electron chi connectivity index (χ3n) is 3.22. The number of carbonyl (C=O) groups excluding carboxylic acids is 1. The van der Waals surface area contributed by atoms with Gasteiger partial charge in [-0.1, -0.05) is 28.0 Å². The van der Waals surface area contributed by atoms with Gasteiger partial charge >= 0.3 is 0 Å². The van der Waals surface area contributed by atoms with E-state index in [-0.39, 0.29) is 18.0 Å². The van der Waals surface area contributed by atoms with E-state index >= 15 is 0 Å². The lowest BCUT2D eigenvalue weighted by Gasteiger charge is -2.08. The summed E-state index contributed by atoms with van der Waals surface area (Å²) in [5, 5.41) is 2.95. The van der Waals surface area contributed by atoms with Crippen molar-refractivity contribution in [3.8, 4) is 0 Å². The number of unbranched alkanes of at least 4 members (excludes halogenated alkanes) is 1. The molecule has 0 aliphatic carbocycles. The average Bonchev–Trinajstić information content (AvgIpc) is 2.98. The van der Waals surface area contributed by atoms with Gasteiger partial charge in [-0.3, -0.25) is 4.79 Å². The van der Waals surface area contributed by atoms with Gasteiger partial charge in [0.2, 0.25) is 5.91 Å². The third-order valence-corrected chi connectivity index (χ3v) is 6.22. The van der Waals surface area contributed by atoms with Crippen LogP contribution in [0.15, 0.2) is 12.1 Å². The summed E-state index contributed by atoms with van der Waals surface area (Å²) in [6.07, 6.45) is 4.18. The number of hydrogen-bond acceptors (Lipinski definition) is 3. The van der Waals surface area contributed by atoms with E-state index in [1.54, 1.807) is 0 Å². The number of benzene rings is 1. The van der Waals surface area contributed by atoms with Gasteiger partial charge in [0.25, 0.3) is 0 Å². The second-order valence-corrected chi connectivity index (χ2v) is 7.63. The van der Waals surface area contributed by atoms with Crippen molar-refractivity contribution < 1.29 is 18.0 Å². The van der Waals surface area contributed by atoms with Crippen molar-refractivity contribution in [3.63, 3.8) is 0 Å². The van der Waals surface area contributed by atoms with Crippen LogP contribution in [0.1, 0.15) is 32.1 Å². The summed E-state index contributed by atoms with van der Waals surface area (Å²) < 4.78 is 39.2. The average molecular weight is 335 g/mol. The van der Waals surface area contributed by atoms with Crippen LogP contribution in [-0.2, 0) is 4.79 Å². The van der Waals surface area contributed by atoms with Crippen molar-refractivity contribution in [1.29, 1.82) is 0 Å². The predicted octanol–water partition coefficient (Wildman–Crippen LogP) is 4.76. The van der Waals surface area contributed by atoms with E-state index in [9.17, 15) is 18.0 Å². The highest BCUT2D eigenvalue weighted by molar-refractivity contribution is 8.77. The van der Waals surface area contributed by atoms with E-state index in [0.29, 0.717) is 11.7 Å². The zero-order chi connectivity index (χ0) is 15.2. The van der Waals surface area contributed by atoms with Crippen LogP contribution in [0.2, 0.25) is 0 Å². The van der Waals surface area contributed by atoms with Gasteiger partial charge < -0.3 is 5.32 Å². The van der Waals surface area contributed by atoms with Crippen molar-refractivity contribution >= 4 is 33.2 Å². The summed E-state index contributed by atoms with van der Waals surface area (Å²) in [7, 11) is 3.78. The van der Waals surface area contributed by atoms with Gasteiger partial charge in [-0.25, -0.2) is 13.2 Å². The summed E-state index contributed by atoms with van der Waals surface area (Å²) in [6, 6.07) is 1.82. The standard InChI is InChI=1S/C14H16F3NOS2/c15-10-5-6-11(14(17)13(10)16)18-12(19)4-2-1-3-9-7-8-20-21-9/h5-6,9H,1-4,7-8H2,(H,18,19)/t9-/m0/s1. The molecule has 1 N–H and O–H groups in total. The summed E-state index contributed by atoms with van der Waals surface area (Å²) >= 11 is 0. The molecule has 1 aromatic rings. The molecule has 1 saturated heterocycles. The molecule has 0 aromatic heterocycles. The molecule has 2 nitrogen and oxygen atoms in total. The lowest BCUT2D eigenvalue weighted by atomic mass is 10.1. The fourth-order valence-corrected chi connectivity index (χ4v) is 5.08. The molecule has 0 radical (unpaired) electrons. The Balaban J connectivity index is 1.73. The zero-order valence-corrected chi connectivity index (χ0v) is 13.0. The van der Waals surface area contributed by atoms with E-state index in [2.05, 4.69) is 5.32 Å². The van der Waals surface area contributed by atoms with Crippen LogP contribution in [0.5, 0.6) is 0 Å². The highest BCUT2D eigenvalue weighted by Crippen LogP contribution is 2.39. The van der Waals surface area contributed by atoms with Gasteiger partial charge in [-0.2, -0.15) is 0 Å². The zero-order valence-electron chi connectivity index (χ0n) is 11.3. The minimum Gasteiger partial charge on any atom is -0.324 e. The number of hydrogen-bond donors (Lipinski definition) is 1. The largest absolute Gasteiger partial charge is 0.324 e. The lowest BCUT2D eigenvalue weighted by molar-refractivity contribution is -0.116. The molecule has 1 amide bonds. The molecule has 116 valence electrons. The summed E-state index contributed by atoms with van der Waals surface area (Å²) in [5.41, 5.74) is -0.318. The molecule has 21 heavy (non-hydrogen) atoms. The predicted molar refractivity (Wildman–Crippen MR) is 81.9 cm³/mol. The molecule has 2 rings (SSSR count). The minimum atomic E-state index is -1.57. The van der Waals surface area contributed by atoms with E-state index in [4.69, 9.17) is 0 Å². The van der Waals surface area contributed by atoms with Crippen LogP contribution >= 0.6 is 21.6 Å². The van der Waals surface area contributed by atoms with Crippen molar-refractivity contribution in [1.82, 2.24) is 0 Å². The van der Waals surface area contributed by atoms with Crippen LogP contribution in [0.25, 0.3) is 0 Å². The van der Waals surface area contributed by atoms with Crippen LogP contribution in [0.3, 0.4) is 0 Å². The third kappa shape index (κ3) is 4.85. The van der Waals surface area contributed by atoms with E-state index < -0.39 is 17.5 Å². The minimum absolute atomic E-state index is 0.253. The first-order valence-corrected chi connectivity index (χ1v) is 9.17. The Bertz CT molecular complexity index is 507. The summed E-state index contributed by atoms with van der Waals surface area (Å²) in [5.74, 6) is -3.39. The smallest absolute Gasteiger partial charge is 0.224 e. The fraction of sp³-hybridized carbons (Fsp3) is 0.500. The first kappa shape index (κ1) is 16.5. The molecule has 1 atom stereocenters. The number of halogens is 3. The SMILES string of the molecule is O=C(CCCC[C@H]1CCSS1)Nc1ccc(F)c(F)c1F. The number of amides is 1. The summed E-state index contributed by atoms with van der Waals surface area (Å²) in [4.78, 5) is 11.7. The van der Waals surface area contributed by atoms with Gasteiger partial charge in [-0.15, -0.1) is 0 Å². The monoisotopic (exact) mass is 335 g/mol. The molecule has 0 spiro atoms. The Morgan fingerprint density at radius 2 is 2.05 bits per heavy atom. The Hall–Kier alpha value is -0.820. The Labute approximate surface area is 129 Å². The summed E-state index contributed by atoms with van der Waals surface area (Å²) in [6.45, 7) is 0. The molecule has 1 heterocycles. The lowest BCUT2D eigenvalue weighted by Crippen LogP contribution is -2.13. The molecular formula is C14H16F3NOS2. The maximum atomic E-state index is 13.4. The second kappa shape index (κ2) is 7.98. The first-order chi connectivity index (χ1) is 10.1. The Morgan fingerprint density at radius 3 is 2.76 bits per heavy atom. The van der Waals surface area contributed by atoms with Crippen LogP contribution in [0.4, 0.5) is 18.9 Å². The number of nitrogens with one attached hydrogen (secondary N) is 1. The first-order valence-electron chi connectivity index (χ1n) is 6.79. The topological polar surface area (TPSA) is 29.1 Å². The molecule has 0 saturated carbocycles. The van der Waals surface area contributed by atoms with Crippen molar-refractivity contribution in [2.45, 2.75) is 37.4 Å². The Morgan fingerprint density at radius 1 is 1.24 bits per heavy atom. The molecule has 1 aliphatic rings. The van der Waals surface area contributed by atoms with Crippen molar-refractivity contribution in [2.24, 2.45) is 0 Å². The number of rotatable bonds is 6. The van der Waals surface area contributed by atoms with Crippen molar-refractivity contribution in [3.05, 3.63) is 29.6 Å². The van der Waals surface area contributed by atoms with Gasteiger partial charge in [0.15, 0.2) is 17.5 Å². The molecule has 7 heteroatoms. The molecule has 0 unspecified atom stereocenters. The van der Waals surface area contributed by atoms with E-state index in [0.717, 1.165) is 25.0 Å². The van der Waals surface area contributed by atoms with Gasteiger partial charge in [-0.05, 0) is 31.4 Å². The molecule has 0 bridgehead atoms. The quantitative estimate of drug-likeness (QED) is 0.462. The molecular weight excluding hydrogens is 319 g/mol. The number of anilines is 1. The van der Waals surface area contributed by atoms with E-state index in [1.807, 2.05) is 21.6 Å². The maximum absolute atomic E-state index is 13.4. The molecule has 1 aromatic carbocycles. The van der Waals surface area contributed by atoms with Crippen LogP contribution < -0.4 is 5.32 Å². The second-order valence-electron chi connectivity index (χ2n) is 4.85. The van der Waals surface area contributed by atoms with Gasteiger partial charge in [0.05, 0.1) is 5.69 Å². The van der Waals surface area contributed by atoms with Gasteiger partial charge in [0, 0.05) is 17.4 Å². The normalized spacial score (nSPS) is 18.0. The fourth-order valence-electron chi connectivity index (χ4n) is 2.06. The Kier molecular flexibility index (Phi) is 6.29. The van der Waals surface area contributed by atoms with E-state index in [1.165, 1.54) is 12.2 Å². The highest BCUT2D eigenvalue weighted by Gasteiger charge is 2.17. The highest BCUT2D eigenvalue weighted by atomic mass is 33.1. The van der Waals surface area contributed by atoms with Crippen LogP contribution in [0, 0.1) is 17.5 Å². The van der Waals surface area contributed by atoms with Crippen LogP contribution in [-0.4, -0.2) is 16.9 Å². The van der Waals surface area contributed by atoms with Crippen molar-refractivity contribution in [2.75, 3.05) is 11.1 Å². The maximum Gasteiger partial charge on any atom is 0.224 e. The van der Waals surface area contributed by atoms with Gasteiger partial charge in [0.1, 0.15) is 0 Å². The number of carbonyl (C=O) groups is 1. The molecule has 1 fully saturated rings.